The van der Waals surface area contributed by atoms with E-state index in [1.165, 1.54) is 0 Å². The smallest absolute Gasteiger partial charge is 0.243 e. The summed E-state index contributed by atoms with van der Waals surface area (Å²) in [5, 5.41) is 7.64. The van der Waals surface area contributed by atoms with Gasteiger partial charge in [-0.3, -0.25) is 0 Å². The Hall–Kier alpha value is -1.84. The SMILES string of the molecule is C\C=C/C(N)=C\C=C(/C)c1nnc(C)o1. The van der Waals surface area contributed by atoms with Crippen molar-refractivity contribution in [2.45, 2.75) is 20.8 Å². The van der Waals surface area contributed by atoms with Crippen LogP contribution >= 0.6 is 0 Å². The van der Waals surface area contributed by atoms with Crippen LogP contribution in [0.4, 0.5) is 0 Å². The van der Waals surface area contributed by atoms with E-state index in [0.717, 1.165) is 5.57 Å². The Bertz CT molecular complexity index is 413. The lowest BCUT2D eigenvalue weighted by atomic mass is 10.2. The number of aromatic nitrogens is 2. The summed E-state index contributed by atoms with van der Waals surface area (Å²) in [6, 6.07) is 0. The number of hydrogen-bond donors (Lipinski definition) is 1. The lowest BCUT2D eigenvalue weighted by molar-refractivity contribution is 0.506. The Labute approximate surface area is 89.2 Å². The molecule has 4 nitrogen and oxygen atoms in total. The van der Waals surface area contributed by atoms with Gasteiger partial charge in [0.05, 0.1) is 0 Å². The molecule has 0 aromatic carbocycles. The van der Waals surface area contributed by atoms with E-state index in [4.69, 9.17) is 10.2 Å². The van der Waals surface area contributed by atoms with Crippen molar-refractivity contribution in [2.75, 3.05) is 0 Å². The highest BCUT2D eigenvalue weighted by atomic mass is 16.4. The van der Waals surface area contributed by atoms with Gasteiger partial charge in [0.1, 0.15) is 0 Å². The number of allylic oxidation sites excluding steroid dienone is 5. The van der Waals surface area contributed by atoms with Crippen molar-refractivity contribution in [3.63, 3.8) is 0 Å². The minimum atomic E-state index is 0.525. The lowest BCUT2D eigenvalue weighted by Gasteiger charge is -1.91. The van der Waals surface area contributed by atoms with E-state index in [1.807, 2.05) is 32.1 Å². The average molecular weight is 205 g/mol. The van der Waals surface area contributed by atoms with Crippen molar-refractivity contribution in [1.82, 2.24) is 10.2 Å². The first-order valence-electron chi connectivity index (χ1n) is 4.70. The van der Waals surface area contributed by atoms with Gasteiger partial charge in [-0.15, -0.1) is 10.2 Å². The van der Waals surface area contributed by atoms with Crippen LogP contribution in [0.2, 0.25) is 0 Å². The van der Waals surface area contributed by atoms with Gasteiger partial charge >= 0.3 is 0 Å². The van der Waals surface area contributed by atoms with Crippen LogP contribution in [0.25, 0.3) is 5.57 Å². The quantitative estimate of drug-likeness (QED) is 0.768. The highest BCUT2D eigenvalue weighted by molar-refractivity contribution is 5.58. The van der Waals surface area contributed by atoms with Crippen LogP contribution in [-0.4, -0.2) is 10.2 Å². The molecule has 1 rings (SSSR count). The van der Waals surface area contributed by atoms with Crippen LogP contribution in [-0.2, 0) is 0 Å². The van der Waals surface area contributed by atoms with Crippen molar-refractivity contribution < 1.29 is 4.42 Å². The molecule has 0 unspecified atom stereocenters. The second-order valence-corrected chi connectivity index (χ2v) is 3.14. The van der Waals surface area contributed by atoms with E-state index in [1.54, 1.807) is 13.0 Å². The van der Waals surface area contributed by atoms with Crippen LogP contribution in [0.5, 0.6) is 0 Å². The van der Waals surface area contributed by atoms with E-state index < -0.39 is 0 Å². The number of hydrogen-bond acceptors (Lipinski definition) is 4. The standard InChI is InChI=1S/C11H15N3O/c1-4-5-10(12)7-6-8(2)11-14-13-9(3)15-11/h4-7H,12H2,1-3H3/b5-4-,8-6+,10-7+. The molecule has 0 aliphatic carbocycles. The average Bonchev–Trinajstić information content (AvgIpc) is 2.62. The molecule has 4 heteroatoms. The lowest BCUT2D eigenvalue weighted by Crippen LogP contribution is -1.91. The second-order valence-electron chi connectivity index (χ2n) is 3.14. The summed E-state index contributed by atoms with van der Waals surface area (Å²) < 4.78 is 5.26. The maximum atomic E-state index is 5.68. The van der Waals surface area contributed by atoms with E-state index >= 15 is 0 Å². The van der Waals surface area contributed by atoms with Gasteiger partial charge in [-0.2, -0.15) is 0 Å². The molecule has 80 valence electrons. The summed E-state index contributed by atoms with van der Waals surface area (Å²) in [7, 11) is 0. The fourth-order valence-corrected chi connectivity index (χ4v) is 0.996. The monoisotopic (exact) mass is 205 g/mol. The number of nitrogens with zero attached hydrogens (tertiary/aromatic N) is 2. The molecule has 2 N–H and O–H groups in total. The largest absolute Gasteiger partial charge is 0.421 e. The van der Waals surface area contributed by atoms with Crippen molar-refractivity contribution in [3.05, 3.63) is 41.8 Å². The molecule has 15 heavy (non-hydrogen) atoms. The minimum absolute atomic E-state index is 0.525. The van der Waals surface area contributed by atoms with Crippen LogP contribution in [0.3, 0.4) is 0 Å². The molecule has 0 saturated carbocycles. The van der Waals surface area contributed by atoms with Gasteiger partial charge < -0.3 is 10.2 Å². The van der Waals surface area contributed by atoms with Gasteiger partial charge in [0.2, 0.25) is 11.8 Å². The molecule has 0 aliphatic heterocycles. The molecular formula is C11H15N3O. The van der Waals surface area contributed by atoms with Crippen molar-refractivity contribution >= 4 is 5.57 Å². The maximum Gasteiger partial charge on any atom is 0.243 e. The summed E-state index contributed by atoms with van der Waals surface area (Å²) in [6.07, 6.45) is 7.35. The van der Waals surface area contributed by atoms with E-state index in [-0.39, 0.29) is 0 Å². The zero-order valence-corrected chi connectivity index (χ0v) is 9.19. The third-order valence-corrected chi connectivity index (χ3v) is 1.75. The van der Waals surface area contributed by atoms with Crippen molar-refractivity contribution in [1.29, 1.82) is 0 Å². The Morgan fingerprint density at radius 3 is 2.60 bits per heavy atom. The molecule has 0 spiro atoms. The van der Waals surface area contributed by atoms with Crippen molar-refractivity contribution in [2.24, 2.45) is 5.73 Å². The first-order valence-corrected chi connectivity index (χ1v) is 4.70. The third kappa shape index (κ3) is 3.42. The molecule has 0 bridgehead atoms. The molecule has 1 aromatic heterocycles. The van der Waals surface area contributed by atoms with Crippen LogP contribution in [0.15, 0.2) is 34.4 Å². The Morgan fingerprint density at radius 2 is 2.07 bits per heavy atom. The summed E-state index contributed by atoms with van der Waals surface area (Å²) in [5.74, 6) is 1.08. The van der Waals surface area contributed by atoms with Gasteiger partial charge in [0.15, 0.2) is 0 Å². The fraction of sp³-hybridized carbons (Fsp3) is 0.273. The zero-order valence-electron chi connectivity index (χ0n) is 9.19. The van der Waals surface area contributed by atoms with E-state index in [0.29, 0.717) is 17.5 Å². The van der Waals surface area contributed by atoms with Crippen LogP contribution < -0.4 is 5.73 Å². The summed E-state index contributed by atoms with van der Waals surface area (Å²) in [6.45, 7) is 5.57. The topological polar surface area (TPSA) is 64.9 Å². The predicted molar refractivity (Wildman–Crippen MR) is 59.8 cm³/mol. The molecule has 0 fully saturated rings. The Morgan fingerprint density at radius 1 is 1.33 bits per heavy atom. The van der Waals surface area contributed by atoms with E-state index in [2.05, 4.69) is 10.2 Å². The molecule has 0 radical (unpaired) electrons. The number of nitrogens with two attached hydrogens (primary N) is 1. The molecule has 0 aliphatic rings. The first-order chi connectivity index (χ1) is 7.13. The molecular weight excluding hydrogens is 190 g/mol. The third-order valence-electron chi connectivity index (χ3n) is 1.75. The Balaban J connectivity index is 2.81. The molecule has 1 heterocycles. The molecule has 0 amide bonds. The summed E-state index contributed by atoms with van der Waals surface area (Å²) >= 11 is 0. The predicted octanol–water partition coefficient (Wildman–Crippen LogP) is 2.20. The van der Waals surface area contributed by atoms with Gasteiger partial charge in [-0.05, 0) is 26.0 Å². The van der Waals surface area contributed by atoms with Gasteiger partial charge in [0.25, 0.3) is 0 Å². The fourth-order valence-electron chi connectivity index (χ4n) is 0.996. The maximum absolute atomic E-state index is 5.68. The minimum Gasteiger partial charge on any atom is -0.421 e. The molecule has 1 aromatic rings. The number of aryl methyl sites for hydroxylation is 1. The second kappa shape index (κ2) is 5.14. The van der Waals surface area contributed by atoms with Crippen LogP contribution in [0, 0.1) is 6.92 Å². The summed E-state index contributed by atoms with van der Waals surface area (Å²) in [5.41, 5.74) is 7.26. The van der Waals surface area contributed by atoms with E-state index in [9.17, 15) is 0 Å². The highest BCUT2D eigenvalue weighted by Crippen LogP contribution is 2.11. The van der Waals surface area contributed by atoms with Gasteiger partial charge in [0, 0.05) is 18.2 Å². The van der Waals surface area contributed by atoms with Gasteiger partial charge in [-0.1, -0.05) is 12.2 Å². The molecule has 0 atom stereocenters. The first kappa shape index (κ1) is 11.2. The summed E-state index contributed by atoms with van der Waals surface area (Å²) in [4.78, 5) is 0. The van der Waals surface area contributed by atoms with Crippen molar-refractivity contribution in [3.8, 4) is 0 Å². The highest BCUT2D eigenvalue weighted by Gasteiger charge is 2.02. The zero-order chi connectivity index (χ0) is 11.3. The molecule has 0 saturated heterocycles. The Kier molecular flexibility index (Phi) is 3.85. The van der Waals surface area contributed by atoms with Crippen LogP contribution in [0.1, 0.15) is 25.6 Å². The number of rotatable bonds is 3. The normalized spacial score (nSPS) is 13.8. The van der Waals surface area contributed by atoms with Gasteiger partial charge in [-0.25, -0.2) is 0 Å².